The molecule has 0 aromatic heterocycles. The van der Waals surface area contributed by atoms with Gasteiger partial charge in [-0.25, -0.2) is 0 Å². The molecule has 0 aliphatic heterocycles. The summed E-state index contributed by atoms with van der Waals surface area (Å²) in [6.07, 6.45) is 12.1. The van der Waals surface area contributed by atoms with E-state index in [-0.39, 0.29) is 11.0 Å². The fourth-order valence-corrected chi connectivity index (χ4v) is 8.56. The molecule has 0 bridgehead atoms. The van der Waals surface area contributed by atoms with Gasteiger partial charge in [0, 0.05) is 44.1 Å². The van der Waals surface area contributed by atoms with Crippen molar-refractivity contribution in [1.82, 2.24) is 0 Å². The standard InChI is InChI=1S/C31H41NO2/c1-5-6-15-34-31-18-22(31)17-28-26-13-9-21-16-24(33)12-14-25(21)29(26)27(19-30(28,31)2)20-7-10-23(11-8-20)32(3)4/h7-8,10-11,16,22,26-28H,5-6,9,12-15,17-19H2,1-4H3/t22-,26-,27+,28-,30-,31-/m0/s1. The smallest absolute Gasteiger partial charge is 0.156 e. The first kappa shape index (κ1) is 22.6. The average molecular weight is 460 g/mol. The predicted octanol–water partition coefficient (Wildman–Crippen LogP) is 6.84. The number of benzene rings is 1. The third-order valence-electron chi connectivity index (χ3n) is 10.3. The Kier molecular flexibility index (Phi) is 5.37. The molecule has 6 rings (SSSR count). The lowest BCUT2D eigenvalue weighted by Gasteiger charge is -2.54. The fourth-order valence-electron chi connectivity index (χ4n) is 8.56. The number of fused-ring (bicyclic) bond motifs is 6. The summed E-state index contributed by atoms with van der Waals surface area (Å²) in [5, 5.41) is 0. The molecule has 0 spiro atoms. The molecule has 3 fully saturated rings. The van der Waals surface area contributed by atoms with Gasteiger partial charge in [0.1, 0.15) is 0 Å². The van der Waals surface area contributed by atoms with E-state index in [1.54, 1.807) is 11.1 Å². The Morgan fingerprint density at radius 1 is 1.09 bits per heavy atom. The Morgan fingerprint density at radius 2 is 1.88 bits per heavy atom. The molecule has 6 atom stereocenters. The molecule has 1 aromatic rings. The van der Waals surface area contributed by atoms with Crippen LogP contribution in [0.25, 0.3) is 0 Å². The minimum Gasteiger partial charge on any atom is -0.378 e. The number of allylic oxidation sites excluding steroid dienone is 4. The number of ketones is 1. The van der Waals surface area contributed by atoms with Crippen LogP contribution < -0.4 is 4.90 Å². The van der Waals surface area contributed by atoms with Crippen molar-refractivity contribution < 1.29 is 9.53 Å². The van der Waals surface area contributed by atoms with Crippen molar-refractivity contribution in [3.63, 3.8) is 0 Å². The van der Waals surface area contributed by atoms with Gasteiger partial charge in [0.25, 0.3) is 0 Å². The molecule has 5 aliphatic rings. The second-order valence-corrected chi connectivity index (χ2v) is 12.2. The van der Waals surface area contributed by atoms with E-state index < -0.39 is 0 Å². The molecule has 0 heterocycles. The normalized spacial score (nSPS) is 38.0. The number of rotatable bonds is 6. The molecule has 0 saturated heterocycles. The third-order valence-corrected chi connectivity index (χ3v) is 10.3. The van der Waals surface area contributed by atoms with Gasteiger partial charge in [0.2, 0.25) is 0 Å². The molecule has 3 nitrogen and oxygen atoms in total. The van der Waals surface area contributed by atoms with Gasteiger partial charge in [0.05, 0.1) is 5.60 Å². The number of anilines is 1. The molecule has 3 heteroatoms. The van der Waals surface area contributed by atoms with Crippen LogP contribution >= 0.6 is 0 Å². The first-order valence-corrected chi connectivity index (χ1v) is 13.8. The van der Waals surface area contributed by atoms with E-state index in [1.807, 2.05) is 6.08 Å². The minimum atomic E-state index is 0.115. The van der Waals surface area contributed by atoms with Gasteiger partial charge in [-0.05, 0) is 97.6 Å². The van der Waals surface area contributed by atoms with Crippen LogP contribution in [0.3, 0.4) is 0 Å². The quantitative estimate of drug-likeness (QED) is 0.436. The fraction of sp³-hybridized carbons (Fsp3) is 0.645. The van der Waals surface area contributed by atoms with Crippen LogP contribution in [0, 0.1) is 23.2 Å². The Labute approximate surface area is 205 Å². The summed E-state index contributed by atoms with van der Waals surface area (Å²) >= 11 is 0. The molecule has 3 saturated carbocycles. The zero-order valence-corrected chi connectivity index (χ0v) is 21.5. The summed E-state index contributed by atoms with van der Waals surface area (Å²) in [6, 6.07) is 9.33. The molecule has 0 unspecified atom stereocenters. The zero-order chi connectivity index (χ0) is 23.7. The van der Waals surface area contributed by atoms with E-state index in [0.29, 0.717) is 24.0 Å². The second kappa shape index (κ2) is 8.08. The summed E-state index contributed by atoms with van der Waals surface area (Å²) in [5.41, 5.74) is 7.70. The van der Waals surface area contributed by atoms with E-state index >= 15 is 0 Å². The number of hydrogen-bond donors (Lipinski definition) is 0. The molecular formula is C31H41NO2. The van der Waals surface area contributed by atoms with Crippen molar-refractivity contribution in [3.8, 4) is 0 Å². The lowest BCUT2D eigenvalue weighted by molar-refractivity contribution is -0.114. The van der Waals surface area contributed by atoms with E-state index in [1.165, 1.54) is 55.3 Å². The minimum absolute atomic E-state index is 0.115. The molecular weight excluding hydrogens is 418 g/mol. The number of nitrogens with zero attached hydrogens (tertiary/aromatic N) is 1. The highest BCUT2D eigenvalue weighted by Crippen LogP contribution is 2.77. The lowest BCUT2D eigenvalue weighted by atomic mass is 9.51. The Hall–Kier alpha value is -1.87. The van der Waals surface area contributed by atoms with E-state index in [9.17, 15) is 4.79 Å². The highest BCUT2D eigenvalue weighted by Gasteiger charge is 2.75. The van der Waals surface area contributed by atoms with Gasteiger partial charge in [-0.3, -0.25) is 4.79 Å². The molecule has 0 radical (unpaired) electrons. The van der Waals surface area contributed by atoms with Crippen molar-refractivity contribution in [1.29, 1.82) is 0 Å². The maximum atomic E-state index is 12.3. The van der Waals surface area contributed by atoms with E-state index in [4.69, 9.17) is 4.74 Å². The second-order valence-electron chi connectivity index (χ2n) is 12.2. The number of hydrogen-bond acceptors (Lipinski definition) is 3. The lowest BCUT2D eigenvalue weighted by Crippen LogP contribution is -2.49. The van der Waals surface area contributed by atoms with Crippen LogP contribution in [0.2, 0.25) is 0 Å². The SMILES string of the molecule is CCCCO[C@@]12C[C@@H]1C[C@H]1[C@@H]3CCC4=CC(=O)CCC4=C3[C@@H](c3ccc(N(C)C)cc3)C[C@@]12C. The topological polar surface area (TPSA) is 29.5 Å². The Bertz CT molecular complexity index is 1050. The summed E-state index contributed by atoms with van der Waals surface area (Å²) < 4.78 is 6.83. The van der Waals surface area contributed by atoms with Crippen molar-refractivity contribution in [3.05, 3.63) is 52.6 Å². The summed E-state index contributed by atoms with van der Waals surface area (Å²) in [6.45, 7) is 5.78. The van der Waals surface area contributed by atoms with Crippen molar-refractivity contribution in [2.24, 2.45) is 23.2 Å². The molecule has 0 amide bonds. The molecule has 34 heavy (non-hydrogen) atoms. The molecule has 5 aliphatic carbocycles. The van der Waals surface area contributed by atoms with Crippen LogP contribution in [0.15, 0.2) is 47.1 Å². The molecule has 182 valence electrons. The van der Waals surface area contributed by atoms with Crippen LogP contribution in [0.1, 0.15) is 83.1 Å². The highest BCUT2D eigenvalue weighted by molar-refractivity contribution is 5.93. The highest BCUT2D eigenvalue weighted by atomic mass is 16.5. The number of ether oxygens (including phenoxy) is 1. The van der Waals surface area contributed by atoms with Crippen LogP contribution in [0.5, 0.6) is 0 Å². The monoisotopic (exact) mass is 459 g/mol. The number of unbranched alkanes of at least 4 members (excludes halogenated alkanes) is 1. The zero-order valence-electron chi connectivity index (χ0n) is 21.5. The predicted molar refractivity (Wildman–Crippen MR) is 138 cm³/mol. The summed E-state index contributed by atoms with van der Waals surface area (Å²) in [7, 11) is 4.23. The van der Waals surface area contributed by atoms with Gasteiger partial charge in [-0.1, -0.05) is 38.0 Å². The Balaban J connectivity index is 1.44. The first-order chi connectivity index (χ1) is 16.4. The largest absolute Gasteiger partial charge is 0.378 e. The van der Waals surface area contributed by atoms with Crippen molar-refractivity contribution >= 4 is 11.5 Å². The van der Waals surface area contributed by atoms with Crippen LogP contribution in [-0.2, 0) is 9.53 Å². The van der Waals surface area contributed by atoms with Gasteiger partial charge >= 0.3 is 0 Å². The molecule has 0 N–H and O–H groups in total. The molecule has 1 aromatic carbocycles. The Morgan fingerprint density at radius 3 is 2.62 bits per heavy atom. The number of carbonyl (C=O) groups excluding carboxylic acids is 1. The summed E-state index contributed by atoms with van der Waals surface area (Å²) in [5.74, 6) is 2.91. The van der Waals surface area contributed by atoms with E-state index in [2.05, 4.69) is 57.1 Å². The van der Waals surface area contributed by atoms with Gasteiger partial charge in [-0.2, -0.15) is 0 Å². The van der Waals surface area contributed by atoms with E-state index in [0.717, 1.165) is 31.3 Å². The van der Waals surface area contributed by atoms with Crippen molar-refractivity contribution in [2.45, 2.75) is 83.2 Å². The number of carbonyl (C=O) groups is 1. The van der Waals surface area contributed by atoms with Gasteiger partial charge < -0.3 is 9.64 Å². The van der Waals surface area contributed by atoms with Gasteiger partial charge in [0.15, 0.2) is 5.78 Å². The van der Waals surface area contributed by atoms with Gasteiger partial charge in [-0.15, -0.1) is 0 Å². The maximum Gasteiger partial charge on any atom is 0.156 e. The third kappa shape index (κ3) is 3.22. The van der Waals surface area contributed by atoms with Crippen LogP contribution in [0.4, 0.5) is 5.69 Å². The van der Waals surface area contributed by atoms with Crippen molar-refractivity contribution in [2.75, 3.05) is 25.6 Å². The average Bonchev–Trinajstić information content (AvgIpc) is 3.48. The maximum absolute atomic E-state index is 12.3. The first-order valence-electron chi connectivity index (χ1n) is 13.8. The van der Waals surface area contributed by atoms with Crippen LogP contribution in [-0.4, -0.2) is 32.1 Å². The summed E-state index contributed by atoms with van der Waals surface area (Å²) in [4.78, 5) is 14.4.